The smallest absolute Gasteiger partial charge is 0.254 e. The van der Waals surface area contributed by atoms with Gasteiger partial charge in [-0.1, -0.05) is 6.92 Å². The minimum atomic E-state index is -0.544. The standard InChI is InChI=1S/C15H19FN2O2S/c1-9-10(2)21-7-6-18(9)15(20)12-4-5-13(16)14(8-12)17-11(3)19/h4-5,8-10H,6-7H2,1-3H3,(H,17,19). The van der Waals surface area contributed by atoms with Gasteiger partial charge in [-0.25, -0.2) is 4.39 Å². The van der Waals surface area contributed by atoms with Crippen molar-refractivity contribution in [3.8, 4) is 0 Å². The van der Waals surface area contributed by atoms with E-state index in [-0.39, 0.29) is 23.5 Å². The molecule has 1 aliphatic heterocycles. The first-order valence-electron chi connectivity index (χ1n) is 6.90. The molecule has 0 aliphatic carbocycles. The maximum atomic E-state index is 13.6. The van der Waals surface area contributed by atoms with E-state index in [1.807, 2.05) is 23.6 Å². The Bertz CT molecular complexity index is 565. The first-order chi connectivity index (χ1) is 9.90. The van der Waals surface area contributed by atoms with Crippen molar-refractivity contribution < 1.29 is 14.0 Å². The van der Waals surface area contributed by atoms with Crippen LogP contribution in [0.4, 0.5) is 10.1 Å². The van der Waals surface area contributed by atoms with Gasteiger partial charge in [0.05, 0.1) is 5.69 Å². The van der Waals surface area contributed by atoms with E-state index in [4.69, 9.17) is 0 Å². The van der Waals surface area contributed by atoms with Crippen molar-refractivity contribution in [3.63, 3.8) is 0 Å². The molecule has 0 aromatic heterocycles. The number of benzene rings is 1. The minimum absolute atomic E-state index is 0.0421. The zero-order chi connectivity index (χ0) is 15.6. The van der Waals surface area contributed by atoms with E-state index in [0.717, 1.165) is 5.75 Å². The number of anilines is 1. The largest absolute Gasteiger partial charge is 0.334 e. The fourth-order valence-corrected chi connectivity index (χ4v) is 3.43. The molecule has 1 aromatic rings. The molecule has 1 saturated heterocycles. The molecule has 1 N–H and O–H groups in total. The van der Waals surface area contributed by atoms with Crippen LogP contribution in [0, 0.1) is 5.82 Å². The summed E-state index contributed by atoms with van der Waals surface area (Å²) in [4.78, 5) is 25.5. The molecule has 1 heterocycles. The van der Waals surface area contributed by atoms with Gasteiger partial charge in [0.2, 0.25) is 5.91 Å². The molecule has 0 saturated carbocycles. The maximum absolute atomic E-state index is 13.6. The third-order valence-corrected chi connectivity index (χ3v) is 5.01. The fourth-order valence-electron chi connectivity index (χ4n) is 2.33. The number of nitrogens with zero attached hydrogens (tertiary/aromatic N) is 1. The Kier molecular flexibility index (Phi) is 4.88. The zero-order valence-corrected chi connectivity index (χ0v) is 13.2. The number of carbonyl (C=O) groups is 2. The predicted molar refractivity (Wildman–Crippen MR) is 83.1 cm³/mol. The Morgan fingerprint density at radius 3 is 2.76 bits per heavy atom. The van der Waals surface area contributed by atoms with Gasteiger partial charge >= 0.3 is 0 Å². The summed E-state index contributed by atoms with van der Waals surface area (Å²) in [5, 5.41) is 2.78. The summed E-state index contributed by atoms with van der Waals surface area (Å²) < 4.78 is 13.6. The lowest BCUT2D eigenvalue weighted by Gasteiger charge is -2.37. The highest BCUT2D eigenvalue weighted by molar-refractivity contribution is 8.00. The molecule has 2 rings (SSSR count). The molecule has 6 heteroatoms. The van der Waals surface area contributed by atoms with Gasteiger partial charge in [0.1, 0.15) is 5.82 Å². The van der Waals surface area contributed by atoms with E-state index in [2.05, 4.69) is 12.2 Å². The number of hydrogen-bond acceptors (Lipinski definition) is 3. The first-order valence-corrected chi connectivity index (χ1v) is 7.94. The monoisotopic (exact) mass is 310 g/mol. The van der Waals surface area contributed by atoms with Crippen LogP contribution >= 0.6 is 11.8 Å². The van der Waals surface area contributed by atoms with E-state index in [1.165, 1.54) is 25.1 Å². The van der Waals surface area contributed by atoms with Crippen LogP contribution in [0.25, 0.3) is 0 Å². The highest BCUT2D eigenvalue weighted by atomic mass is 32.2. The van der Waals surface area contributed by atoms with Crippen LogP contribution in [0.15, 0.2) is 18.2 Å². The molecule has 2 unspecified atom stereocenters. The van der Waals surface area contributed by atoms with E-state index in [9.17, 15) is 14.0 Å². The van der Waals surface area contributed by atoms with Gasteiger partial charge in [0, 0.05) is 36.1 Å². The van der Waals surface area contributed by atoms with Crippen LogP contribution in [0.1, 0.15) is 31.1 Å². The predicted octanol–water partition coefficient (Wildman–Crippen LogP) is 2.75. The van der Waals surface area contributed by atoms with Crippen LogP contribution in [0.5, 0.6) is 0 Å². The summed E-state index contributed by atoms with van der Waals surface area (Å²) in [7, 11) is 0. The third-order valence-electron chi connectivity index (χ3n) is 3.67. The average molecular weight is 310 g/mol. The number of amides is 2. The topological polar surface area (TPSA) is 49.4 Å². The maximum Gasteiger partial charge on any atom is 0.254 e. The number of carbonyl (C=O) groups excluding carboxylic acids is 2. The molecule has 0 spiro atoms. The van der Waals surface area contributed by atoms with Gasteiger partial charge in [-0.05, 0) is 25.1 Å². The molecule has 4 nitrogen and oxygen atoms in total. The summed E-state index contributed by atoms with van der Waals surface area (Å²) in [5.41, 5.74) is 0.437. The second-order valence-corrected chi connectivity index (χ2v) is 6.68. The Balaban J connectivity index is 2.24. The Morgan fingerprint density at radius 1 is 1.38 bits per heavy atom. The van der Waals surface area contributed by atoms with Crippen molar-refractivity contribution in [1.29, 1.82) is 0 Å². The first kappa shape index (κ1) is 15.8. The molecular formula is C15H19FN2O2S. The molecule has 1 aliphatic rings. The van der Waals surface area contributed by atoms with Crippen molar-refractivity contribution in [2.75, 3.05) is 17.6 Å². The van der Waals surface area contributed by atoms with Gasteiger partial charge < -0.3 is 10.2 Å². The lowest BCUT2D eigenvalue weighted by molar-refractivity contribution is -0.114. The Labute approximate surface area is 128 Å². The van der Waals surface area contributed by atoms with E-state index >= 15 is 0 Å². The van der Waals surface area contributed by atoms with Crippen LogP contribution in [-0.4, -0.2) is 40.3 Å². The van der Waals surface area contributed by atoms with Crippen LogP contribution < -0.4 is 5.32 Å². The number of nitrogens with one attached hydrogen (secondary N) is 1. The molecular weight excluding hydrogens is 291 g/mol. The summed E-state index contributed by atoms with van der Waals surface area (Å²) in [6.45, 7) is 6.11. The van der Waals surface area contributed by atoms with Gasteiger partial charge in [-0.15, -0.1) is 0 Å². The van der Waals surface area contributed by atoms with Crippen LogP contribution in [-0.2, 0) is 4.79 Å². The van der Waals surface area contributed by atoms with Crippen LogP contribution in [0.3, 0.4) is 0 Å². The molecule has 21 heavy (non-hydrogen) atoms. The summed E-state index contributed by atoms with van der Waals surface area (Å²) in [6, 6.07) is 4.21. The zero-order valence-electron chi connectivity index (χ0n) is 12.4. The minimum Gasteiger partial charge on any atom is -0.334 e. The quantitative estimate of drug-likeness (QED) is 0.914. The number of rotatable bonds is 2. The molecule has 114 valence electrons. The summed E-state index contributed by atoms with van der Waals surface area (Å²) in [5.74, 6) is -0.134. The molecule has 0 radical (unpaired) electrons. The average Bonchev–Trinajstić information content (AvgIpc) is 2.43. The van der Waals surface area contributed by atoms with Gasteiger partial charge in [-0.2, -0.15) is 11.8 Å². The lowest BCUT2D eigenvalue weighted by atomic mass is 10.1. The van der Waals surface area contributed by atoms with Crippen LogP contribution in [0.2, 0.25) is 0 Å². The van der Waals surface area contributed by atoms with Crippen molar-refractivity contribution >= 4 is 29.3 Å². The SMILES string of the molecule is CC(=O)Nc1cc(C(=O)N2CCSC(C)C2C)ccc1F. The third kappa shape index (κ3) is 3.56. The van der Waals surface area contributed by atoms with E-state index < -0.39 is 5.82 Å². The molecule has 1 fully saturated rings. The molecule has 2 atom stereocenters. The number of hydrogen-bond donors (Lipinski definition) is 1. The number of thioether (sulfide) groups is 1. The normalized spacial score (nSPS) is 22.0. The second-order valence-electron chi connectivity index (χ2n) is 5.19. The highest BCUT2D eigenvalue weighted by Gasteiger charge is 2.29. The fraction of sp³-hybridized carbons (Fsp3) is 0.467. The Morgan fingerprint density at radius 2 is 2.10 bits per heavy atom. The van der Waals surface area contributed by atoms with E-state index in [1.54, 1.807) is 0 Å². The Hall–Kier alpha value is -1.56. The van der Waals surface area contributed by atoms with Crippen molar-refractivity contribution in [1.82, 2.24) is 4.90 Å². The number of halogens is 1. The lowest BCUT2D eigenvalue weighted by Crippen LogP contribution is -2.47. The molecule has 1 aromatic carbocycles. The van der Waals surface area contributed by atoms with Gasteiger partial charge in [-0.3, -0.25) is 9.59 Å². The summed E-state index contributed by atoms with van der Waals surface area (Å²) in [6.07, 6.45) is 0. The molecule has 2 amide bonds. The second kappa shape index (κ2) is 6.47. The van der Waals surface area contributed by atoms with Gasteiger partial charge in [0.15, 0.2) is 0 Å². The van der Waals surface area contributed by atoms with Gasteiger partial charge in [0.25, 0.3) is 5.91 Å². The van der Waals surface area contributed by atoms with Crippen molar-refractivity contribution in [2.45, 2.75) is 32.1 Å². The van der Waals surface area contributed by atoms with Crippen molar-refractivity contribution in [2.24, 2.45) is 0 Å². The van der Waals surface area contributed by atoms with E-state index in [0.29, 0.717) is 17.4 Å². The highest BCUT2D eigenvalue weighted by Crippen LogP contribution is 2.26. The summed E-state index contributed by atoms with van der Waals surface area (Å²) >= 11 is 1.85. The molecule has 0 bridgehead atoms. The van der Waals surface area contributed by atoms with Crippen molar-refractivity contribution in [3.05, 3.63) is 29.6 Å².